The Labute approximate surface area is 197 Å². The molecule has 1 amide bonds. The van der Waals surface area contributed by atoms with Gasteiger partial charge in [-0.3, -0.25) is 4.79 Å². The Morgan fingerprint density at radius 1 is 1.09 bits per heavy atom. The number of carbonyl (C=O) groups excluding carboxylic acids is 1. The zero-order chi connectivity index (χ0) is 23.6. The van der Waals surface area contributed by atoms with Gasteiger partial charge in [0, 0.05) is 34.9 Å². The van der Waals surface area contributed by atoms with Gasteiger partial charge >= 0.3 is 0 Å². The molecule has 33 heavy (non-hydrogen) atoms. The fourth-order valence-corrected chi connectivity index (χ4v) is 4.45. The van der Waals surface area contributed by atoms with E-state index < -0.39 is 9.84 Å². The standard InChI is InChI=1S/C24H21ClN4O3S/c1-16-21(24(30)28-17-7-9-19(10-8-17)33(2,31)32)14-29(13-18-11-12-26-15-27-18)23(16)20-5-3-4-6-22(20)25/h3-12,14-15H,13H2,1-2H3,(H,28,30). The molecule has 0 saturated carbocycles. The van der Waals surface area contributed by atoms with E-state index in [1.54, 1.807) is 30.6 Å². The highest BCUT2D eigenvalue weighted by molar-refractivity contribution is 7.90. The Morgan fingerprint density at radius 2 is 1.82 bits per heavy atom. The summed E-state index contributed by atoms with van der Waals surface area (Å²) in [5.74, 6) is -0.311. The number of rotatable bonds is 6. The first-order valence-corrected chi connectivity index (χ1v) is 12.3. The summed E-state index contributed by atoms with van der Waals surface area (Å²) in [5.41, 5.74) is 4.15. The van der Waals surface area contributed by atoms with Crippen LogP contribution in [0.4, 0.5) is 5.69 Å². The molecule has 7 nitrogen and oxygen atoms in total. The van der Waals surface area contributed by atoms with Gasteiger partial charge in [0.05, 0.1) is 28.4 Å². The fourth-order valence-electron chi connectivity index (χ4n) is 3.59. The number of nitrogens with one attached hydrogen (secondary N) is 1. The molecule has 0 aliphatic rings. The van der Waals surface area contributed by atoms with Crippen LogP contribution < -0.4 is 5.32 Å². The summed E-state index contributed by atoms with van der Waals surface area (Å²) < 4.78 is 25.3. The predicted octanol–water partition coefficient (Wildman–Crippen LogP) is 4.61. The minimum absolute atomic E-state index is 0.189. The van der Waals surface area contributed by atoms with E-state index in [1.165, 1.54) is 18.5 Å². The second-order valence-corrected chi connectivity index (χ2v) is 10.00. The molecule has 0 aliphatic heterocycles. The monoisotopic (exact) mass is 480 g/mol. The highest BCUT2D eigenvalue weighted by Crippen LogP contribution is 2.34. The number of sulfone groups is 1. The van der Waals surface area contributed by atoms with Crippen LogP contribution in [0.3, 0.4) is 0 Å². The second-order valence-electron chi connectivity index (χ2n) is 7.58. The van der Waals surface area contributed by atoms with Crippen LogP contribution in [0.5, 0.6) is 0 Å². The highest BCUT2D eigenvalue weighted by atomic mass is 35.5. The average Bonchev–Trinajstić information content (AvgIpc) is 3.10. The second kappa shape index (κ2) is 9.17. The molecule has 0 fully saturated rings. The molecule has 0 unspecified atom stereocenters. The smallest absolute Gasteiger partial charge is 0.257 e. The van der Waals surface area contributed by atoms with Crippen LogP contribution in [-0.2, 0) is 16.4 Å². The number of carbonyl (C=O) groups is 1. The van der Waals surface area contributed by atoms with Gasteiger partial charge in [0.15, 0.2) is 9.84 Å². The Morgan fingerprint density at radius 3 is 2.45 bits per heavy atom. The number of amides is 1. The van der Waals surface area contributed by atoms with Gasteiger partial charge in [0.1, 0.15) is 6.33 Å². The van der Waals surface area contributed by atoms with E-state index in [4.69, 9.17) is 11.6 Å². The third-order valence-corrected chi connectivity index (χ3v) is 6.68. The van der Waals surface area contributed by atoms with Crippen LogP contribution in [0.25, 0.3) is 11.3 Å². The van der Waals surface area contributed by atoms with Crippen molar-refractivity contribution in [1.82, 2.24) is 14.5 Å². The van der Waals surface area contributed by atoms with Gasteiger partial charge in [-0.25, -0.2) is 18.4 Å². The number of hydrogen-bond acceptors (Lipinski definition) is 5. The average molecular weight is 481 g/mol. The van der Waals surface area contributed by atoms with E-state index in [9.17, 15) is 13.2 Å². The summed E-state index contributed by atoms with van der Waals surface area (Å²) >= 11 is 6.49. The molecule has 1 N–H and O–H groups in total. The first-order chi connectivity index (χ1) is 15.7. The lowest BCUT2D eigenvalue weighted by atomic mass is 10.1. The fraction of sp³-hybridized carbons (Fsp3) is 0.125. The number of anilines is 1. The molecule has 9 heteroatoms. The first-order valence-electron chi connectivity index (χ1n) is 10.0. The molecular formula is C24H21ClN4O3S. The molecule has 0 bridgehead atoms. The quantitative estimate of drug-likeness (QED) is 0.435. The van der Waals surface area contributed by atoms with Crippen LogP contribution in [0, 0.1) is 6.92 Å². The van der Waals surface area contributed by atoms with Crippen molar-refractivity contribution >= 4 is 33.0 Å². The zero-order valence-corrected chi connectivity index (χ0v) is 19.6. The number of aromatic nitrogens is 3. The molecule has 2 aromatic heterocycles. The summed E-state index contributed by atoms with van der Waals surface area (Å²) in [6, 6.07) is 15.3. The number of halogens is 1. The van der Waals surface area contributed by atoms with Gasteiger partial charge < -0.3 is 9.88 Å². The van der Waals surface area contributed by atoms with Crippen molar-refractivity contribution in [3.63, 3.8) is 0 Å². The van der Waals surface area contributed by atoms with E-state index in [0.717, 1.165) is 28.8 Å². The van der Waals surface area contributed by atoms with Crippen LogP contribution in [0.15, 0.2) is 78.2 Å². The van der Waals surface area contributed by atoms with Crippen molar-refractivity contribution in [1.29, 1.82) is 0 Å². The Balaban J connectivity index is 1.72. The third kappa shape index (κ3) is 4.97. The maximum atomic E-state index is 13.1. The lowest BCUT2D eigenvalue weighted by Crippen LogP contribution is -2.12. The minimum Gasteiger partial charge on any atom is -0.340 e. The molecule has 0 spiro atoms. The Hall–Kier alpha value is -3.49. The summed E-state index contributed by atoms with van der Waals surface area (Å²) in [7, 11) is -3.31. The summed E-state index contributed by atoms with van der Waals surface area (Å²) in [6.07, 6.45) is 6.06. The normalized spacial score (nSPS) is 11.4. The maximum absolute atomic E-state index is 13.1. The summed E-state index contributed by atoms with van der Waals surface area (Å²) in [4.78, 5) is 21.6. The van der Waals surface area contributed by atoms with Gasteiger partial charge in [-0.05, 0) is 48.9 Å². The molecule has 0 atom stereocenters. The molecule has 0 saturated heterocycles. The van der Waals surface area contributed by atoms with Crippen LogP contribution in [0.1, 0.15) is 21.6 Å². The van der Waals surface area contributed by atoms with Crippen LogP contribution in [-0.4, -0.2) is 35.1 Å². The van der Waals surface area contributed by atoms with Crippen molar-refractivity contribution in [3.8, 4) is 11.3 Å². The molecule has 2 heterocycles. The van der Waals surface area contributed by atoms with Gasteiger partial charge in [0.25, 0.3) is 5.91 Å². The lowest BCUT2D eigenvalue weighted by Gasteiger charge is -2.11. The van der Waals surface area contributed by atoms with Crippen molar-refractivity contribution in [2.45, 2.75) is 18.4 Å². The molecule has 4 rings (SSSR count). The van der Waals surface area contributed by atoms with E-state index in [-0.39, 0.29) is 10.8 Å². The molecule has 0 radical (unpaired) electrons. The van der Waals surface area contributed by atoms with Gasteiger partial charge in [0.2, 0.25) is 0 Å². The van der Waals surface area contributed by atoms with Crippen molar-refractivity contribution in [2.24, 2.45) is 0 Å². The Bertz CT molecular complexity index is 1420. The van der Waals surface area contributed by atoms with Gasteiger partial charge in [-0.15, -0.1) is 0 Å². The van der Waals surface area contributed by atoms with Crippen molar-refractivity contribution in [2.75, 3.05) is 11.6 Å². The van der Waals surface area contributed by atoms with E-state index in [1.807, 2.05) is 35.8 Å². The highest BCUT2D eigenvalue weighted by Gasteiger charge is 2.21. The number of benzene rings is 2. The SMILES string of the molecule is Cc1c(C(=O)Nc2ccc(S(C)(=O)=O)cc2)cn(Cc2ccncn2)c1-c1ccccc1Cl. The Kier molecular flexibility index (Phi) is 6.31. The number of hydrogen-bond donors (Lipinski definition) is 1. The molecule has 0 aliphatic carbocycles. The molecule has 2 aromatic carbocycles. The molecule has 168 valence electrons. The topological polar surface area (TPSA) is 94.0 Å². The molecule has 4 aromatic rings. The summed E-state index contributed by atoms with van der Waals surface area (Å²) in [5, 5.41) is 3.42. The lowest BCUT2D eigenvalue weighted by molar-refractivity contribution is 0.102. The maximum Gasteiger partial charge on any atom is 0.257 e. The van der Waals surface area contributed by atoms with Crippen LogP contribution >= 0.6 is 11.6 Å². The van der Waals surface area contributed by atoms with E-state index >= 15 is 0 Å². The first kappa shape index (κ1) is 22.7. The van der Waals surface area contributed by atoms with Crippen molar-refractivity contribution < 1.29 is 13.2 Å². The summed E-state index contributed by atoms with van der Waals surface area (Å²) in [6.45, 7) is 2.30. The van der Waals surface area contributed by atoms with E-state index in [0.29, 0.717) is 22.8 Å². The van der Waals surface area contributed by atoms with E-state index in [2.05, 4.69) is 15.3 Å². The van der Waals surface area contributed by atoms with Gasteiger partial charge in [-0.2, -0.15) is 0 Å². The zero-order valence-electron chi connectivity index (χ0n) is 18.0. The predicted molar refractivity (Wildman–Crippen MR) is 128 cm³/mol. The van der Waals surface area contributed by atoms with Gasteiger partial charge in [-0.1, -0.05) is 29.8 Å². The van der Waals surface area contributed by atoms with Crippen molar-refractivity contribution in [3.05, 3.63) is 95.2 Å². The third-order valence-electron chi connectivity index (χ3n) is 5.22. The molecular weight excluding hydrogens is 460 g/mol. The number of nitrogens with zero attached hydrogens (tertiary/aromatic N) is 3. The minimum atomic E-state index is -3.31. The largest absolute Gasteiger partial charge is 0.340 e. The van der Waals surface area contributed by atoms with Crippen LogP contribution in [0.2, 0.25) is 5.02 Å².